The van der Waals surface area contributed by atoms with E-state index < -0.39 is 11.9 Å². The van der Waals surface area contributed by atoms with Gasteiger partial charge in [0, 0.05) is 6.08 Å². The highest BCUT2D eigenvalue weighted by molar-refractivity contribution is 7.17. The van der Waals surface area contributed by atoms with Gasteiger partial charge in [-0.2, -0.15) is 0 Å². The zero-order chi connectivity index (χ0) is 15.4. The predicted molar refractivity (Wildman–Crippen MR) is 77.9 cm³/mol. The van der Waals surface area contributed by atoms with Crippen molar-refractivity contribution in [2.45, 2.75) is 6.92 Å². The average molecular weight is 306 g/mol. The number of carboxylic acids is 1. The van der Waals surface area contributed by atoms with Crippen molar-refractivity contribution in [2.75, 3.05) is 5.32 Å². The summed E-state index contributed by atoms with van der Waals surface area (Å²) >= 11 is 0.893. The summed E-state index contributed by atoms with van der Waals surface area (Å²) in [6, 6.07) is 5.66. The number of hydrogen-bond acceptors (Lipinski definition) is 4. The molecule has 21 heavy (non-hydrogen) atoms. The first-order valence-electron chi connectivity index (χ1n) is 5.91. The van der Waals surface area contributed by atoms with Crippen LogP contribution in [0.15, 0.2) is 30.3 Å². The van der Waals surface area contributed by atoms with Crippen LogP contribution < -0.4 is 5.32 Å². The molecule has 2 aromatic rings. The number of aromatic nitrogens is 1. The molecule has 0 aliphatic rings. The van der Waals surface area contributed by atoms with E-state index in [0.29, 0.717) is 11.3 Å². The summed E-state index contributed by atoms with van der Waals surface area (Å²) in [7, 11) is 0. The second-order valence-electron chi connectivity index (χ2n) is 4.11. The molecule has 0 bridgehead atoms. The quantitative estimate of drug-likeness (QED) is 0.851. The number of anilines is 1. The molecule has 0 saturated carbocycles. The summed E-state index contributed by atoms with van der Waals surface area (Å²) in [5, 5.41) is 11.6. The van der Waals surface area contributed by atoms with Crippen molar-refractivity contribution in [3.8, 4) is 0 Å². The molecule has 0 unspecified atom stereocenters. The number of benzene rings is 1. The zero-order valence-electron chi connectivity index (χ0n) is 11.0. The van der Waals surface area contributed by atoms with Crippen LogP contribution in [0.3, 0.4) is 0 Å². The van der Waals surface area contributed by atoms with E-state index in [-0.39, 0.29) is 15.8 Å². The summed E-state index contributed by atoms with van der Waals surface area (Å²) < 4.78 is 12.7. The van der Waals surface area contributed by atoms with Crippen LogP contribution in [0.25, 0.3) is 6.08 Å². The Morgan fingerprint density at radius 1 is 1.33 bits per heavy atom. The highest BCUT2D eigenvalue weighted by Gasteiger charge is 2.14. The molecule has 5 nitrogen and oxygen atoms in total. The zero-order valence-corrected chi connectivity index (χ0v) is 11.8. The number of amides is 1. The highest BCUT2D eigenvalue weighted by Crippen LogP contribution is 2.22. The number of halogens is 1. The summed E-state index contributed by atoms with van der Waals surface area (Å²) in [6.07, 6.45) is 2.79. The molecule has 0 spiro atoms. The monoisotopic (exact) mass is 306 g/mol. The maximum atomic E-state index is 12.7. The van der Waals surface area contributed by atoms with Gasteiger partial charge in [-0.1, -0.05) is 23.5 Å². The van der Waals surface area contributed by atoms with Crippen molar-refractivity contribution >= 4 is 34.4 Å². The van der Waals surface area contributed by atoms with E-state index in [9.17, 15) is 14.0 Å². The number of hydrogen-bond donors (Lipinski definition) is 2. The van der Waals surface area contributed by atoms with Crippen LogP contribution in [0.1, 0.15) is 20.9 Å². The molecule has 0 saturated heterocycles. The highest BCUT2D eigenvalue weighted by atomic mass is 32.1. The van der Waals surface area contributed by atoms with Crippen molar-refractivity contribution in [1.82, 2.24) is 4.98 Å². The van der Waals surface area contributed by atoms with Gasteiger partial charge in [0.05, 0.1) is 5.69 Å². The number of aryl methyl sites for hydroxylation is 1. The van der Waals surface area contributed by atoms with Crippen molar-refractivity contribution in [3.05, 3.63) is 52.3 Å². The second kappa shape index (κ2) is 6.27. The summed E-state index contributed by atoms with van der Waals surface area (Å²) in [4.78, 5) is 26.6. The number of carboxylic acid groups (broad SMARTS) is 1. The molecule has 2 rings (SSSR count). The van der Waals surface area contributed by atoms with E-state index in [1.165, 1.54) is 36.4 Å². The van der Waals surface area contributed by atoms with Crippen LogP contribution in [0, 0.1) is 12.7 Å². The lowest BCUT2D eigenvalue weighted by Gasteiger charge is -1.96. The Kier molecular flexibility index (Phi) is 4.44. The van der Waals surface area contributed by atoms with Crippen molar-refractivity contribution < 1.29 is 19.1 Å². The van der Waals surface area contributed by atoms with Crippen molar-refractivity contribution in [1.29, 1.82) is 0 Å². The summed E-state index contributed by atoms with van der Waals surface area (Å²) in [5.74, 6) is -1.87. The maximum Gasteiger partial charge on any atom is 0.347 e. The lowest BCUT2D eigenvalue weighted by Crippen LogP contribution is -2.07. The molecule has 7 heteroatoms. The minimum absolute atomic E-state index is 0.0906. The van der Waals surface area contributed by atoms with Gasteiger partial charge in [0.15, 0.2) is 5.13 Å². The first kappa shape index (κ1) is 14.9. The fourth-order valence-corrected chi connectivity index (χ4v) is 2.35. The SMILES string of the molecule is Cc1nc(NC(=O)/C=C/c2ccc(F)cc2)sc1C(=O)O. The minimum atomic E-state index is -1.08. The summed E-state index contributed by atoms with van der Waals surface area (Å²) in [6.45, 7) is 1.56. The van der Waals surface area contributed by atoms with Gasteiger partial charge in [0.2, 0.25) is 5.91 Å². The van der Waals surface area contributed by atoms with Crippen LogP contribution in [0.4, 0.5) is 9.52 Å². The summed E-state index contributed by atoms with van der Waals surface area (Å²) in [5.41, 5.74) is 1.03. The normalized spacial score (nSPS) is 10.8. The fourth-order valence-electron chi connectivity index (χ4n) is 1.54. The molecule has 0 atom stereocenters. The van der Waals surface area contributed by atoms with Crippen molar-refractivity contribution in [3.63, 3.8) is 0 Å². The number of rotatable bonds is 4. The van der Waals surface area contributed by atoms with Gasteiger partial charge in [0.1, 0.15) is 10.7 Å². The molecule has 0 aliphatic carbocycles. The van der Waals surface area contributed by atoms with Crippen LogP contribution in [0.2, 0.25) is 0 Å². The second-order valence-corrected chi connectivity index (χ2v) is 5.11. The number of nitrogens with zero attached hydrogens (tertiary/aromatic N) is 1. The van der Waals surface area contributed by atoms with Gasteiger partial charge in [-0.25, -0.2) is 14.2 Å². The Bertz CT molecular complexity index is 708. The first-order chi connectivity index (χ1) is 9.95. The fraction of sp³-hybridized carbons (Fsp3) is 0.0714. The van der Waals surface area contributed by atoms with Gasteiger partial charge < -0.3 is 5.11 Å². The van der Waals surface area contributed by atoms with Gasteiger partial charge in [-0.3, -0.25) is 10.1 Å². The molecule has 1 aromatic heterocycles. The lowest BCUT2D eigenvalue weighted by molar-refractivity contribution is -0.111. The molecular weight excluding hydrogens is 295 g/mol. The first-order valence-corrected chi connectivity index (χ1v) is 6.72. The Hall–Kier alpha value is -2.54. The van der Waals surface area contributed by atoms with E-state index >= 15 is 0 Å². The van der Waals surface area contributed by atoms with E-state index in [1.807, 2.05) is 0 Å². The van der Waals surface area contributed by atoms with Crippen LogP contribution in [-0.4, -0.2) is 22.0 Å². The number of carbonyl (C=O) groups is 2. The third-order valence-corrected chi connectivity index (χ3v) is 3.58. The molecule has 108 valence electrons. The smallest absolute Gasteiger partial charge is 0.347 e. The molecule has 0 radical (unpaired) electrons. The third kappa shape index (κ3) is 3.96. The predicted octanol–water partition coefficient (Wildman–Crippen LogP) is 2.94. The van der Waals surface area contributed by atoms with Gasteiger partial charge in [-0.05, 0) is 30.7 Å². The number of carbonyl (C=O) groups excluding carboxylic acids is 1. The number of nitrogens with one attached hydrogen (secondary N) is 1. The minimum Gasteiger partial charge on any atom is -0.477 e. The molecule has 0 fully saturated rings. The van der Waals surface area contributed by atoms with Gasteiger partial charge in [0.25, 0.3) is 0 Å². The molecular formula is C14H11FN2O3S. The standard InChI is InChI=1S/C14H11FN2O3S/c1-8-12(13(19)20)21-14(16-8)17-11(18)7-4-9-2-5-10(15)6-3-9/h2-7H,1H3,(H,19,20)(H,16,17,18)/b7-4+. The molecule has 2 N–H and O–H groups in total. The van der Waals surface area contributed by atoms with Gasteiger partial charge in [-0.15, -0.1) is 0 Å². The van der Waals surface area contributed by atoms with E-state index in [4.69, 9.17) is 5.11 Å². The molecule has 1 heterocycles. The topological polar surface area (TPSA) is 79.3 Å². The molecule has 0 aliphatic heterocycles. The Labute approximate surface area is 123 Å². The Morgan fingerprint density at radius 2 is 2.00 bits per heavy atom. The van der Waals surface area contributed by atoms with Crippen LogP contribution in [-0.2, 0) is 4.79 Å². The number of aromatic carboxylic acids is 1. The number of thiazole rings is 1. The van der Waals surface area contributed by atoms with E-state index in [1.54, 1.807) is 6.92 Å². The van der Waals surface area contributed by atoms with Crippen LogP contribution in [0.5, 0.6) is 0 Å². The third-order valence-electron chi connectivity index (χ3n) is 2.52. The molecule has 1 amide bonds. The van der Waals surface area contributed by atoms with E-state index in [0.717, 1.165) is 11.3 Å². The average Bonchev–Trinajstić information content (AvgIpc) is 2.79. The Morgan fingerprint density at radius 3 is 2.57 bits per heavy atom. The largest absolute Gasteiger partial charge is 0.477 e. The van der Waals surface area contributed by atoms with Gasteiger partial charge >= 0.3 is 5.97 Å². The maximum absolute atomic E-state index is 12.7. The Balaban J connectivity index is 2.03. The van der Waals surface area contributed by atoms with E-state index in [2.05, 4.69) is 10.3 Å². The van der Waals surface area contributed by atoms with Crippen LogP contribution >= 0.6 is 11.3 Å². The van der Waals surface area contributed by atoms with Crippen molar-refractivity contribution in [2.24, 2.45) is 0 Å². The molecule has 1 aromatic carbocycles. The lowest BCUT2D eigenvalue weighted by atomic mass is 10.2.